The van der Waals surface area contributed by atoms with Crippen LogP contribution in [-0.4, -0.2) is 37.2 Å². The number of aliphatic carboxylic acids is 1. The highest BCUT2D eigenvalue weighted by Crippen LogP contribution is 2.32. The molecule has 1 heterocycles. The number of hydrogen-bond acceptors (Lipinski definition) is 5. The number of amides is 1. The predicted molar refractivity (Wildman–Crippen MR) is 61.2 cm³/mol. The van der Waals surface area contributed by atoms with Crippen molar-refractivity contribution in [3.8, 4) is 0 Å². The Morgan fingerprint density at radius 1 is 1.44 bits per heavy atom. The van der Waals surface area contributed by atoms with Crippen LogP contribution in [0, 0.1) is 11.8 Å². The molecule has 0 spiro atoms. The normalized spacial score (nSPS) is 16.2. The van der Waals surface area contributed by atoms with E-state index in [4.69, 9.17) is 5.73 Å². The maximum Gasteiger partial charge on any atom is 0.309 e. The van der Waals surface area contributed by atoms with Gasteiger partial charge in [-0.25, -0.2) is 0 Å². The summed E-state index contributed by atoms with van der Waals surface area (Å²) in [5.41, 5.74) is 3.92. The molecule has 8 heteroatoms. The Balaban J connectivity index is 3.36. The van der Waals surface area contributed by atoms with Gasteiger partial charge >= 0.3 is 5.97 Å². The molecule has 0 saturated heterocycles. The summed E-state index contributed by atoms with van der Waals surface area (Å²) >= 11 is 0. The summed E-state index contributed by atoms with van der Waals surface area (Å²) in [6.07, 6.45) is 1.37. The monoisotopic (exact) mass is 255 g/mol. The summed E-state index contributed by atoms with van der Waals surface area (Å²) in [4.78, 5) is 24.1. The minimum atomic E-state index is -1.50. The van der Waals surface area contributed by atoms with Crippen molar-refractivity contribution in [1.29, 1.82) is 0 Å². The van der Waals surface area contributed by atoms with Crippen LogP contribution in [0.25, 0.3) is 0 Å². The van der Waals surface area contributed by atoms with E-state index in [1.807, 2.05) is 13.8 Å². The van der Waals surface area contributed by atoms with Gasteiger partial charge in [0.05, 0.1) is 5.92 Å². The van der Waals surface area contributed by atoms with Gasteiger partial charge in [0.2, 0.25) is 5.91 Å². The van der Waals surface area contributed by atoms with Crippen molar-refractivity contribution < 1.29 is 14.7 Å². The summed E-state index contributed by atoms with van der Waals surface area (Å²) in [6.45, 7) is 5.14. The summed E-state index contributed by atoms with van der Waals surface area (Å²) in [5, 5.41) is 20.2. The number of carbonyl (C=O) groups excluding carboxylic acids is 1. The molecule has 1 aromatic rings. The molecule has 2 unspecified atom stereocenters. The zero-order valence-electron chi connectivity index (χ0n) is 10.6. The van der Waals surface area contributed by atoms with Gasteiger partial charge in [-0.05, 0) is 24.5 Å². The molecule has 8 nitrogen and oxygen atoms in total. The highest BCUT2D eigenvalue weighted by molar-refractivity contribution is 5.88. The van der Waals surface area contributed by atoms with Gasteiger partial charge in [-0.1, -0.05) is 13.8 Å². The first-order valence-electron chi connectivity index (χ1n) is 5.58. The van der Waals surface area contributed by atoms with Crippen LogP contribution < -0.4 is 5.73 Å². The van der Waals surface area contributed by atoms with Crippen LogP contribution in [0.15, 0.2) is 6.33 Å². The number of nitrogens with two attached hydrogens (primary N) is 1. The lowest BCUT2D eigenvalue weighted by molar-refractivity contribution is -0.152. The molecule has 0 radical (unpaired) electrons. The fourth-order valence-corrected chi connectivity index (χ4v) is 2.02. The Morgan fingerprint density at radius 2 is 2.06 bits per heavy atom. The standard InChI is InChI=1S/C10H17N5O3/c1-6(2)4-10(9(11)18,7(3)8(16)17)15-13-5-12-14-15/h5-7H,4H2,1-3H3,(H2,11,18)(H,16,17). The van der Waals surface area contributed by atoms with Crippen LogP contribution in [-0.2, 0) is 15.1 Å². The molecule has 3 N–H and O–H groups in total. The van der Waals surface area contributed by atoms with Crippen LogP contribution in [0.5, 0.6) is 0 Å². The van der Waals surface area contributed by atoms with Gasteiger partial charge in [-0.2, -0.15) is 0 Å². The second kappa shape index (κ2) is 5.11. The number of hydrogen-bond donors (Lipinski definition) is 2. The van der Waals surface area contributed by atoms with E-state index in [1.165, 1.54) is 6.92 Å². The second-order valence-electron chi connectivity index (χ2n) is 4.67. The van der Waals surface area contributed by atoms with E-state index in [0.717, 1.165) is 11.1 Å². The molecule has 0 saturated carbocycles. The topological polar surface area (TPSA) is 124 Å². The third-order valence-electron chi connectivity index (χ3n) is 2.94. The van der Waals surface area contributed by atoms with Gasteiger partial charge in [-0.3, -0.25) is 9.59 Å². The minimum absolute atomic E-state index is 0.0466. The third-order valence-corrected chi connectivity index (χ3v) is 2.94. The Hall–Kier alpha value is -1.99. The molecular weight excluding hydrogens is 238 g/mol. The van der Waals surface area contributed by atoms with Crippen LogP contribution in [0.1, 0.15) is 27.2 Å². The molecule has 1 amide bonds. The molecule has 0 aromatic carbocycles. The van der Waals surface area contributed by atoms with Gasteiger partial charge in [0.1, 0.15) is 0 Å². The number of aromatic nitrogens is 4. The smallest absolute Gasteiger partial charge is 0.309 e. The van der Waals surface area contributed by atoms with Crippen molar-refractivity contribution in [1.82, 2.24) is 20.2 Å². The molecular formula is C10H17N5O3. The number of tetrazole rings is 1. The van der Waals surface area contributed by atoms with Crippen molar-refractivity contribution in [2.45, 2.75) is 32.7 Å². The van der Waals surface area contributed by atoms with E-state index in [0.29, 0.717) is 0 Å². The second-order valence-corrected chi connectivity index (χ2v) is 4.67. The predicted octanol–water partition coefficient (Wildman–Crippen LogP) is -0.379. The van der Waals surface area contributed by atoms with E-state index >= 15 is 0 Å². The SMILES string of the molecule is CC(C)CC(C(N)=O)(C(C)C(=O)O)n1ncnn1. The van der Waals surface area contributed by atoms with Gasteiger partial charge < -0.3 is 10.8 Å². The lowest BCUT2D eigenvalue weighted by Crippen LogP contribution is -2.55. The first-order valence-corrected chi connectivity index (χ1v) is 5.58. The molecule has 0 aliphatic carbocycles. The van der Waals surface area contributed by atoms with E-state index < -0.39 is 23.3 Å². The van der Waals surface area contributed by atoms with Crippen molar-refractivity contribution in [2.75, 3.05) is 0 Å². The largest absolute Gasteiger partial charge is 0.481 e. The minimum Gasteiger partial charge on any atom is -0.481 e. The lowest BCUT2D eigenvalue weighted by Gasteiger charge is -2.33. The molecule has 0 aliphatic heterocycles. The zero-order valence-corrected chi connectivity index (χ0v) is 10.6. The Morgan fingerprint density at radius 3 is 2.39 bits per heavy atom. The quantitative estimate of drug-likeness (QED) is 0.714. The first kappa shape index (κ1) is 14.1. The van der Waals surface area contributed by atoms with Crippen molar-refractivity contribution in [3.05, 3.63) is 6.33 Å². The van der Waals surface area contributed by atoms with Crippen molar-refractivity contribution in [3.63, 3.8) is 0 Å². The van der Waals surface area contributed by atoms with Crippen LogP contribution >= 0.6 is 0 Å². The van der Waals surface area contributed by atoms with E-state index in [1.54, 1.807) is 0 Å². The maximum absolute atomic E-state index is 11.8. The number of rotatable bonds is 6. The number of carboxylic acids is 1. The molecule has 18 heavy (non-hydrogen) atoms. The van der Waals surface area contributed by atoms with E-state index in [-0.39, 0.29) is 12.3 Å². The molecule has 1 rings (SSSR count). The average molecular weight is 255 g/mol. The van der Waals surface area contributed by atoms with Crippen molar-refractivity contribution >= 4 is 11.9 Å². The molecule has 2 atom stereocenters. The fourth-order valence-electron chi connectivity index (χ4n) is 2.02. The van der Waals surface area contributed by atoms with Crippen LogP contribution in [0.3, 0.4) is 0 Å². The molecule has 1 aromatic heterocycles. The average Bonchev–Trinajstić information content (AvgIpc) is 2.77. The van der Waals surface area contributed by atoms with Gasteiger partial charge in [-0.15, -0.1) is 15.0 Å². The summed E-state index contributed by atoms with van der Waals surface area (Å²) < 4.78 is 0. The van der Waals surface area contributed by atoms with Crippen LogP contribution in [0.4, 0.5) is 0 Å². The van der Waals surface area contributed by atoms with Gasteiger partial charge in [0.15, 0.2) is 11.9 Å². The highest BCUT2D eigenvalue weighted by Gasteiger charge is 2.50. The maximum atomic E-state index is 11.8. The van der Waals surface area contributed by atoms with Crippen LogP contribution in [0.2, 0.25) is 0 Å². The zero-order chi connectivity index (χ0) is 13.9. The number of primary amides is 1. The molecule has 0 aliphatic rings. The fraction of sp³-hybridized carbons (Fsp3) is 0.700. The molecule has 0 fully saturated rings. The molecule has 0 bridgehead atoms. The summed E-state index contributed by atoms with van der Waals surface area (Å²) in [6, 6.07) is 0. The highest BCUT2D eigenvalue weighted by atomic mass is 16.4. The molecule has 100 valence electrons. The van der Waals surface area contributed by atoms with E-state index in [2.05, 4.69) is 15.4 Å². The lowest BCUT2D eigenvalue weighted by atomic mass is 9.78. The van der Waals surface area contributed by atoms with Gasteiger partial charge in [0.25, 0.3) is 0 Å². The number of nitrogens with zero attached hydrogens (tertiary/aromatic N) is 4. The van der Waals surface area contributed by atoms with E-state index in [9.17, 15) is 14.7 Å². The van der Waals surface area contributed by atoms with Crippen molar-refractivity contribution in [2.24, 2.45) is 17.6 Å². The Labute approximate surface area is 104 Å². The number of carbonyl (C=O) groups is 2. The summed E-state index contributed by atoms with van der Waals surface area (Å²) in [5.74, 6) is -2.91. The Bertz CT molecular complexity index is 431. The third kappa shape index (κ3) is 2.31. The Kier molecular flexibility index (Phi) is 4.00. The van der Waals surface area contributed by atoms with Gasteiger partial charge in [0, 0.05) is 0 Å². The first-order chi connectivity index (χ1) is 8.32. The number of carboxylic acid groups (broad SMARTS) is 1. The summed E-state index contributed by atoms with van der Waals surface area (Å²) in [7, 11) is 0.